The molecule has 50 heteroatoms. The molecule has 0 aromatic carbocycles. The van der Waals surface area contributed by atoms with E-state index in [1.807, 2.05) is 0 Å². The van der Waals surface area contributed by atoms with Gasteiger partial charge in [-0.25, -0.2) is 0 Å². The van der Waals surface area contributed by atoms with Gasteiger partial charge < -0.3 is 229 Å². The van der Waals surface area contributed by atoms with Crippen LogP contribution in [0.3, 0.4) is 0 Å². The molecule has 0 spiro atoms. The smallest absolute Gasteiger partial charge is 0.217 e. The minimum absolute atomic E-state index is 0.362. The lowest BCUT2D eigenvalue weighted by atomic mass is 9.93. The molecule has 9 saturated heterocycles. The van der Waals surface area contributed by atoms with Gasteiger partial charge in [-0.15, -0.1) is 0 Å². The van der Waals surface area contributed by atoms with E-state index >= 15 is 0 Å². The molecule has 9 rings (SSSR count). The summed E-state index contributed by atoms with van der Waals surface area (Å²) in [6.07, 6.45) is -83.4. The molecule has 0 aromatic heterocycles. The van der Waals surface area contributed by atoms with Gasteiger partial charge in [0.15, 0.2) is 56.6 Å². The molecule has 0 unspecified atom stereocenters. The predicted octanol–water partition coefficient (Wildman–Crippen LogP) is -18.7. The van der Waals surface area contributed by atoms with E-state index < -0.39 is 346 Å². The van der Waals surface area contributed by atoms with Crippen molar-refractivity contribution < 1.29 is 227 Å². The zero-order valence-electron chi connectivity index (χ0n) is 62.0. The molecule has 45 atom stereocenters. The molecular weight excluding hydrogens is 1560 g/mol. The highest BCUT2D eigenvalue weighted by Crippen LogP contribution is 2.40. The third kappa shape index (κ3) is 21.0. The molecule has 27 N–H and O–H groups in total. The zero-order valence-corrected chi connectivity index (χ0v) is 62.0. The Morgan fingerprint density at radius 2 is 0.509 bits per heavy atom. The van der Waals surface area contributed by atoms with Gasteiger partial charge in [0.25, 0.3) is 0 Å². The molecule has 0 bridgehead atoms. The fraction of sp³-hybridized carbons (Fsp3) is 0.938. The summed E-state index contributed by atoms with van der Waals surface area (Å²) in [6, 6.07) is -7.36. The van der Waals surface area contributed by atoms with E-state index in [1.54, 1.807) is 0 Å². The Morgan fingerprint density at radius 1 is 0.246 bits per heavy atom. The maximum atomic E-state index is 13.0. The molecule has 9 aliphatic heterocycles. The Hall–Kier alpha value is -3.80. The third-order valence-corrected chi connectivity index (χ3v) is 20.7. The highest BCUT2D eigenvalue weighted by Gasteiger charge is 2.61. The Bertz CT molecular complexity index is 3010. The monoisotopic (exact) mass is 1670 g/mol. The quantitative estimate of drug-likeness (QED) is 0.0306. The van der Waals surface area contributed by atoms with Crippen LogP contribution in [0.4, 0.5) is 0 Å². The molecule has 0 aromatic rings. The van der Waals surface area contributed by atoms with Crippen LogP contribution in [0.25, 0.3) is 0 Å². The normalized spacial score (nSPS) is 48.3. The van der Waals surface area contributed by atoms with Crippen LogP contribution in [-0.2, 0) is 109 Å². The average Bonchev–Trinajstić information content (AvgIpc) is 0.774. The summed E-state index contributed by atoms with van der Waals surface area (Å²) in [5, 5.41) is 268. The molecule has 114 heavy (non-hydrogen) atoms. The van der Waals surface area contributed by atoms with Crippen LogP contribution < -0.4 is 21.3 Å². The summed E-state index contributed by atoms with van der Waals surface area (Å²) in [5.41, 5.74) is 0. The Balaban J connectivity index is 1.05. The van der Waals surface area contributed by atoms with Crippen molar-refractivity contribution in [3.63, 3.8) is 0 Å². The molecule has 0 aliphatic carbocycles. The lowest BCUT2D eigenvalue weighted by molar-refractivity contribution is -0.399. The molecule has 660 valence electrons. The molecular formula is C64H108N4O46. The van der Waals surface area contributed by atoms with Crippen molar-refractivity contribution in [1.29, 1.82) is 0 Å². The first-order valence-corrected chi connectivity index (χ1v) is 36.4. The van der Waals surface area contributed by atoms with Gasteiger partial charge >= 0.3 is 0 Å². The van der Waals surface area contributed by atoms with Crippen LogP contribution in [0.1, 0.15) is 27.7 Å². The highest BCUT2D eigenvalue weighted by atomic mass is 16.8. The van der Waals surface area contributed by atoms with Gasteiger partial charge in [0.2, 0.25) is 23.6 Å². The summed E-state index contributed by atoms with van der Waals surface area (Å²) in [4.78, 5) is 51.1. The van der Waals surface area contributed by atoms with E-state index in [9.17, 15) is 137 Å². The molecule has 0 saturated carbocycles. The minimum atomic E-state index is -2.56. The topological polar surface area (TPSA) is 757 Å². The number of hydrogen-bond donors (Lipinski definition) is 27. The largest absolute Gasteiger partial charge is 0.394 e. The van der Waals surface area contributed by atoms with Gasteiger partial charge in [-0.2, -0.15) is 0 Å². The summed E-state index contributed by atoms with van der Waals surface area (Å²) < 4.78 is 112. The van der Waals surface area contributed by atoms with Gasteiger partial charge in [-0.3, -0.25) is 19.2 Å². The predicted molar refractivity (Wildman–Crippen MR) is 353 cm³/mol. The number of aliphatic hydroxyl groups excluding tert-OH is 23. The van der Waals surface area contributed by atoms with Gasteiger partial charge in [0.1, 0.15) is 219 Å². The van der Waals surface area contributed by atoms with E-state index in [0.717, 1.165) is 27.7 Å². The van der Waals surface area contributed by atoms with Crippen LogP contribution in [0.5, 0.6) is 0 Å². The Kier molecular flexibility index (Phi) is 34.4. The number of methoxy groups -OCH3 is 2. The van der Waals surface area contributed by atoms with Gasteiger partial charge in [-0.1, -0.05) is 0 Å². The zero-order chi connectivity index (χ0) is 83.9. The number of hydrogen-bond acceptors (Lipinski definition) is 46. The van der Waals surface area contributed by atoms with E-state index in [0.29, 0.717) is 0 Å². The van der Waals surface area contributed by atoms with Gasteiger partial charge in [-0.05, 0) is 0 Å². The molecule has 9 heterocycles. The van der Waals surface area contributed by atoms with Crippen molar-refractivity contribution in [2.24, 2.45) is 0 Å². The molecule has 9 aliphatic rings. The first kappa shape index (κ1) is 94.1. The fourth-order valence-corrected chi connectivity index (χ4v) is 14.8. The van der Waals surface area contributed by atoms with E-state index in [1.165, 1.54) is 14.2 Å². The number of rotatable bonds is 31. The second-order valence-electron chi connectivity index (χ2n) is 28.7. The van der Waals surface area contributed by atoms with Gasteiger partial charge in [0.05, 0.1) is 59.5 Å². The number of nitrogens with one attached hydrogen (secondary N) is 4. The van der Waals surface area contributed by atoms with Crippen molar-refractivity contribution in [2.75, 3.05) is 73.7 Å². The van der Waals surface area contributed by atoms with E-state index in [-0.39, 0.29) is 13.2 Å². The molecule has 4 amide bonds. The van der Waals surface area contributed by atoms with Crippen LogP contribution in [0.15, 0.2) is 0 Å². The number of amides is 4. The van der Waals surface area contributed by atoms with Crippen molar-refractivity contribution in [1.82, 2.24) is 21.3 Å². The lowest BCUT2D eigenvalue weighted by Gasteiger charge is -2.51. The average molecular weight is 1670 g/mol. The van der Waals surface area contributed by atoms with Crippen molar-refractivity contribution in [3.8, 4) is 0 Å². The standard InChI is InChI=1S/C64H108N4O46/c1-16(75)65-29-38(84)49(22(9-71)99-56(29)95)108-57-30(66-17(2)76)39(85)52(25(12-74)102-57)111-62-48(94)53(112-64-55(45(91)34(80)21(8-70)101-64)114-59-32(68-19(4)78)41(87)51(24(11-73)104-59)110-61-47(93)43(89)36(82)27(106-61)14-97-6)37(83)28(107-62)15-98-63-54(44(90)33(79)20(7-69)100-63)113-58-31(67-18(3)77)40(86)50(23(10-72)103-58)109-60-46(92)42(88)35(81)26(105-60)13-96-5/h20-64,69-74,79-95H,7-15H2,1-6H3,(H,65,75)(H,66,76)(H,67,77)(H,68,78)/t20-,21-,22-,23-,24-,25-,26-,27-,28-,29-,30-,31-,32-,33-,34-,35+,36+,37-,38-,39-,40-,41-,42+,43+,44+,45+,46-,47-,48+,49-,50-,51-,52-,53+,54+,55+,56+,57-,58-,59-,60+,61-,62+,63+,64-/m1/s1. The molecule has 9 fully saturated rings. The van der Waals surface area contributed by atoms with Gasteiger partial charge in [0, 0.05) is 41.9 Å². The molecule has 0 radical (unpaired) electrons. The lowest BCUT2D eigenvalue weighted by Crippen LogP contribution is -2.71. The second kappa shape index (κ2) is 41.6. The highest BCUT2D eigenvalue weighted by molar-refractivity contribution is 5.74. The summed E-state index contributed by atoms with van der Waals surface area (Å²) in [6.45, 7) is -4.70. The molecule has 50 nitrogen and oxygen atoms in total. The van der Waals surface area contributed by atoms with Crippen LogP contribution in [0, 0.1) is 0 Å². The fourth-order valence-electron chi connectivity index (χ4n) is 14.8. The maximum absolute atomic E-state index is 13.0. The SMILES string of the molecule is COC[C@H]1O[C@@H](O[C@H]2[C@H](O)[C@@H](NC(C)=O)[C@@H](O[C@@H]3[C@@H](OC[C@H]4O[C@@H](O[C@H]5[C@H](O)[C@@H](NC(C)=O)[C@@H](O[C@H]6[C@H](O)[C@@H](NC(C)=O)[C@@H](O)O[C@@H]6CO)O[C@@H]5CO)[C@@H](O)[C@@H](O[C@H]5O[C@H](CO)[C@@H](O)[C@H](O)[C@@H]5O[C@H]5O[C@H](CO)[C@@H](O[C@H]6O[C@H](COC)[C@H](O)[C@H](O)[C@H]6O)[C@H](O)[C@H]5NC(C)=O)[C@@H]4O)O[C@H](CO)[C@@H](O)[C@@H]3O)O[C@@H]2CO)[C@H](O)[C@@H](O)[C@H]1O. The van der Waals surface area contributed by atoms with Crippen molar-refractivity contribution in [3.05, 3.63) is 0 Å². The number of carbonyl (C=O) groups excluding carboxylic acids is 4. The van der Waals surface area contributed by atoms with Crippen LogP contribution in [-0.4, -0.2) is 491 Å². The number of ether oxygens (including phenoxy) is 19. The second-order valence-corrected chi connectivity index (χ2v) is 28.7. The third-order valence-electron chi connectivity index (χ3n) is 20.7. The first-order chi connectivity index (χ1) is 54.0. The number of carbonyl (C=O) groups is 4. The van der Waals surface area contributed by atoms with E-state index in [2.05, 4.69) is 21.3 Å². The van der Waals surface area contributed by atoms with Crippen LogP contribution >= 0.6 is 0 Å². The summed E-state index contributed by atoms with van der Waals surface area (Å²) in [7, 11) is 2.44. The number of aliphatic hydroxyl groups is 23. The van der Waals surface area contributed by atoms with Crippen LogP contribution in [0.2, 0.25) is 0 Å². The Morgan fingerprint density at radius 3 is 0.860 bits per heavy atom. The van der Waals surface area contributed by atoms with Crippen molar-refractivity contribution in [2.45, 2.75) is 304 Å². The minimum Gasteiger partial charge on any atom is -0.394 e. The van der Waals surface area contributed by atoms with E-state index in [4.69, 9.17) is 90.0 Å². The summed E-state index contributed by atoms with van der Waals surface area (Å²) >= 11 is 0. The first-order valence-electron chi connectivity index (χ1n) is 36.4. The summed E-state index contributed by atoms with van der Waals surface area (Å²) in [5.74, 6) is -3.56. The Labute approximate surface area is 647 Å². The maximum Gasteiger partial charge on any atom is 0.217 e. The van der Waals surface area contributed by atoms with Crippen molar-refractivity contribution >= 4 is 23.6 Å².